The number of likely N-dealkylation sites (N-methyl/N-ethyl adjacent to an activating group) is 1. The molecule has 2 rings (SSSR count). The van der Waals surface area contributed by atoms with Crippen LogP contribution < -0.4 is 0 Å². The molecule has 0 radical (unpaired) electrons. The Morgan fingerprint density at radius 2 is 1.81 bits per heavy atom. The third kappa shape index (κ3) is 4.73. The summed E-state index contributed by atoms with van der Waals surface area (Å²) >= 11 is 0. The van der Waals surface area contributed by atoms with Gasteiger partial charge in [0.15, 0.2) is 9.84 Å². The van der Waals surface area contributed by atoms with Crippen LogP contribution in [-0.2, 0) is 29.0 Å². The van der Waals surface area contributed by atoms with Crippen molar-refractivity contribution in [1.29, 1.82) is 0 Å². The second-order valence-corrected chi connectivity index (χ2v) is 8.96. The Kier molecular flexibility index (Phi) is 6.62. The SMILES string of the molecule is CCOC(=O)C(=O)N1CCN([C@H](C)C(=O)N(C)[C@@H]2CCS(=O)(=O)C2)CC1. The molecule has 0 spiro atoms. The molecule has 2 saturated heterocycles. The number of hydrogen-bond acceptors (Lipinski definition) is 7. The Morgan fingerprint density at radius 1 is 1.19 bits per heavy atom. The predicted molar refractivity (Wildman–Crippen MR) is 94.1 cm³/mol. The number of rotatable bonds is 4. The maximum absolute atomic E-state index is 12.7. The Morgan fingerprint density at radius 3 is 2.31 bits per heavy atom. The number of sulfone groups is 1. The summed E-state index contributed by atoms with van der Waals surface area (Å²) in [7, 11) is -1.41. The summed E-state index contributed by atoms with van der Waals surface area (Å²) in [4.78, 5) is 41.0. The number of carbonyl (C=O) groups is 3. The van der Waals surface area contributed by atoms with E-state index in [1.165, 1.54) is 9.80 Å². The van der Waals surface area contributed by atoms with Crippen molar-refractivity contribution < 1.29 is 27.5 Å². The summed E-state index contributed by atoms with van der Waals surface area (Å²) in [5, 5.41) is 0. The average Bonchev–Trinajstić information content (AvgIpc) is 2.99. The quantitative estimate of drug-likeness (QED) is 0.436. The third-order valence-corrected chi connectivity index (χ3v) is 6.81. The Balaban J connectivity index is 1.87. The van der Waals surface area contributed by atoms with Crippen molar-refractivity contribution in [1.82, 2.24) is 14.7 Å². The van der Waals surface area contributed by atoms with Crippen LogP contribution in [-0.4, -0.2) is 104 Å². The lowest BCUT2D eigenvalue weighted by molar-refractivity contribution is -0.161. The van der Waals surface area contributed by atoms with Crippen molar-refractivity contribution in [2.75, 3.05) is 51.3 Å². The first-order chi connectivity index (χ1) is 12.2. The Hall–Kier alpha value is -1.68. The van der Waals surface area contributed by atoms with Crippen LogP contribution in [0.2, 0.25) is 0 Å². The summed E-state index contributed by atoms with van der Waals surface area (Å²) in [5.74, 6) is -1.49. The minimum Gasteiger partial charge on any atom is -0.459 e. The van der Waals surface area contributed by atoms with Crippen LogP contribution in [0.25, 0.3) is 0 Å². The zero-order chi connectivity index (χ0) is 19.5. The molecule has 0 bridgehead atoms. The third-order valence-electron chi connectivity index (χ3n) is 5.06. The predicted octanol–water partition coefficient (Wildman–Crippen LogP) is -1.27. The van der Waals surface area contributed by atoms with Gasteiger partial charge in [0.1, 0.15) is 0 Å². The number of hydrogen-bond donors (Lipinski definition) is 0. The molecule has 2 fully saturated rings. The number of carbonyl (C=O) groups excluding carboxylic acids is 3. The minimum atomic E-state index is -3.05. The minimum absolute atomic E-state index is 0.0176. The van der Waals surface area contributed by atoms with Crippen molar-refractivity contribution >= 4 is 27.6 Å². The van der Waals surface area contributed by atoms with Crippen LogP contribution in [0.15, 0.2) is 0 Å². The van der Waals surface area contributed by atoms with Gasteiger partial charge in [-0.2, -0.15) is 0 Å². The van der Waals surface area contributed by atoms with Gasteiger partial charge in [-0.1, -0.05) is 0 Å². The van der Waals surface area contributed by atoms with Crippen LogP contribution in [0.5, 0.6) is 0 Å². The zero-order valence-corrected chi connectivity index (χ0v) is 16.3. The van der Waals surface area contributed by atoms with E-state index in [1.54, 1.807) is 20.9 Å². The molecule has 0 saturated carbocycles. The summed E-state index contributed by atoms with van der Waals surface area (Å²) in [6.45, 7) is 5.20. The fourth-order valence-corrected chi connectivity index (χ4v) is 5.12. The number of nitrogens with zero attached hydrogens (tertiary/aromatic N) is 3. The van der Waals surface area contributed by atoms with Gasteiger partial charge in [-0.25, -0.2) is 13.2 Å². The van der Waals surface area contributed by atoms with Crippen molar-refractivity contribution in [2.45, 2.75) is 32.4 Å². The first kappa shape index (κ1) is 20.6. The standard InChI is InChI=1S/C16H27N3O6S/c1-4-25-16(22)15(21)19-8-6-18(7-9-19)12(2)14(20)17(3)13-5-10-26(23,24)11-13/h12-13H,4-11H2,1-3H3/t12-,13-/m1/s1. The summed E-state index contributed by atoms with van der Waals surface area (Å²) in [6.07, 6.45) is 0.471. The van der Waals surface area contributed by atoms with Gasteiger partial charge in [-0.05, 0) is 20.3 Å². The van der Waals surface area contributed by atoms with E-state index in [-0.39, 0.29) is 30.1 Å². The van der Waals surface area contributed by atoms with Gasteiger partial charge in [0, 0.05) is 39.3 Å². The molecule has 2 atom stereocenters. The first-order valence-electron chi connectivity index (χ1n) is 8.83. The number of ether oxygens (including phenoxy) is 1. The molecule has 2 heterocycles. The van der Waals surface area contributed by atoms with Gasteiger partial charge in [0.05, 0.1) is 24.2 Å². The zero-order valence-electron chi connectivity index (χ0n) is 15.5. The van der Waals surface area contributed by atoms with Crippen LogP contribution in [0.1, 0.15) is 20.3 Å². The second kappa shape index (κ2) is 8.34. The van der Waals surface area contributed by atoms with E-state index in [4.69, 9.17) is 4.74 Å². The Bertz CT molecular complexity index is 657. The molecule has 148 valence electrons. The molecular formula is C16H27N3O6S. The lowest BCUT2D eigenvalue weighted by atomic mass is 10.1. The first-order valence-corrected chi connectivity index (χ1v) is 10.7. The van der Waals surface area contributed by atoms with Gasteiger partial charge in [0.25, 0.3) is 0 Å². The molecule has 2 aliphatic heterocycles. The maximum atomic E-state index is 12.7. The molecular weight excluding hydrogens is 362 g/mol. The Labute approximate surface area is 154 Å². The smallest absolute Gasteiger partial charge is 0.397 e. The van der Waals surface area contributed by atoms with E-state index >= 15 is 0 Å². The van der Waals surface area contributed by atoms with E-state index in [0.717, 1.165) is 0 Å². The second-order valence-electron chi connectivity index (χ2n) is 6.73. The maximum Gasteiger partial charge on any atom is 0.397 e. The number of amides is 2. The lowest BCUT2D eigenvalue weighted by Crippen LogP contribution is -2.57. The molecule has 10 heteroatoms. The van der Waals surface area contributed by atoms with Gasteiger partial charge in [0.2, 0.25) is 5.91 Å². The molecule has 0 aromatic heterocycles. The summed E-state index contributed by atoms with van der Waals surface area (Å²) < 4.78 is 28.0. The monoisotopic (exact) mass is 389 g/mol. The molecule has 0 aromatic rings. The van der Waals surface area contributed by atoms with Crippen molar-refractivity contribution in [3.8, 4) is 0 Å². The molecule has 0 N–H and O–H groups in total. The molecule has 26 heavy (non-hydrogen) atoms. The van der Waals surface area contributed by atoms with E-state index < -0.39 is 27.8 Å². The number of esters is 1. The van der Waals surface area contributed by atoms with Gasteiger partial charge in [-0.3, -0.25) is 14.5 Å². The van der Waals surface area contributed by atoms with Crippen LogP contribution in [0.3, 0.4) is 0 Å². The van der Waals surface area contributed by atoms with Crippen LogP contribution in [0.4, 0.5) is 0 Å². The van der Waals surface area contributed by atoms with Crippen LogP contribution in [0, 0.1) is 0 Å². The average molecular weight is 389 g/mol. The molecule has 2 amide bonds. The highest BCUT2D eigenvalue weighted by molar-refractivity contribution is 7.91. The van der Waals surface area contributed by atoms with E-state index in [1.807, 2.05) is 4.90 Å². The molecule has 0 unspecified atom stereocenters. The van der Waals surface area contributed by atoms with E-state index in [0.29, 0.717) is 32.6 Å². The lowest BCUT2D eigenvalue weighted by Gasteiger charge is -2.38. The fourth-order valence-electron chi connectivity index (χ4n) is 3.35. The highest BCUT2D eigenvalue weighted by Gasteiger charge is 2.36. The molecule has 9 nitrogen and oxygen atoms in total. The molecule has 0 aromatic carbocycles. The highest BCUT2D eigenvalue weighted by Crippen LogP contribution is 2.18. The molecule has 2 aliphatic rings. The fraction of sp³-hybridized carbons (Fsp3) is 0.812. The molecule has 0 aliphatic carbocycles. The van der Waals surface area contributed by atoms with Gasteiger partial charge in [-0.15, -0.1) is 0 Å². The van der Waals surface area contributed by atoms with E-state index in [9.17, 15) is 22.8 Å². The van der Waals surface area contributed by atoms with Gasteiger partial charge < -0.3 is 14.5 Å². The number of piperazine rings is 1. The van der Waals surface area contributed by atoms with Crippen molar-refractivity contribution in [3.05, 3.63) is 0 Å². The summed E-state index contributed by atoms with van der Waals surface area (Å²) in [6, 6.07) is -0.690. The summed E-state index contributed by atoms with van der Waals surface area (Å²) in [5.41, 5.74) is 0. The van der Waals surface area contributed by atoms with Crippen LogP contribution >= 0.6 is 0 Å². The van der Waals surface area contributed by atoms with Crippen molar-refractivity contribution in [3.63, 3.8) is 0 Å². The highest BCUT2D eigenvalue weighted by atomic mass is 32.2. The van der Waals surface area contributed by atoms with E-state index in [2.05, 4.69) is 0 Å². The topological polar surface area (TPSA) is 104 Å². The van der Waals surface area contributed by atoms with Gasteiger partial charge >= 0.3 is 11.9 Å². The largest absolute Gasteiger partial charge is 0.459 e. The van der Waals surface area contributed by atoms with Crippen molar-refractivity contribution in [2.24, 2.45) is 0 Å². The normalized spacial score (nSPS) is 24.1.